The van der Waals surface area contributed by atoms with E-state index in [2.05, 4.69) is 33.1 Å². The molecule has 1 nitrogen and oxygen atoms in total. The van der Waals surface area contributed by atoms with Gasteiger partial charge in [-0.05, 0) is 25.3 Å². The van der Waals surface area contributed by atoms with Crippen molar-refractivity contribution in [2.24, 2.45) is 5.41 Å². The van der Waals surface area contributed by atoms with Gasteiger partial charge >= 0.3 is 0 Å². The molecule has 20 heavy (non-hydrogen) atoms. The number of hydrogen-bond donors (Lipinski definition) is 1. The second-order valence-corrected chi connectivity index (χ2v) is 7.02. The van der Waals surface area contributed by atoms with Gasteiger partial charge in [0.2, 0.25) is 0 Å². The zero-order valence-corrected chi connectivity index (χ0v) is 14.9. The fraction of sp³-hybridized carbons (Fsp3) is 1.00. The summed E-state index contributed by atoms with van der Waals surface area (Å²) in [5.41, 5.74) is 0.531. The van der Waals surface area contributed by atoms with E-state index >= 15 is 0 Å². The molecular formula is C19H41N. The summed E-state index contributed by atoms with van der Waals surface area (Å²) < 4.78 is 0. The monoisotopic (exact) mass is 283 g/mol. The minimum atomic E-state index is 0.531. The van der Waals surface area contributed by atoms with E-state index in [1.165, 1.54) is 90.0 Å². The maximum atomic E-state index is 3.38. The molecule has 1 heteroatoms. The van der Waals surface area contributed by atoms with E-state index < -0.39 is 0 Å². The van der Waals surface area contributed by atoms with Gasteiger partial charge in [-0.2, -0.15) is 0 Å². The Balaban J connectivity index is 3.41. The standard InChI is InChI=1S/C19H41N/c1-5-7-8-9-10-11-12-13-14-15-17-19(3,16-6-2)18-20-4/h20H,5-18H2,1-4H3. The lowest BCUT2D eigenvalue weighted by molar-refractivity contribution is 0.252. The molecule has 0 amide bonds. The highest BCUT2D eigenvalue weighted by molar-refractivity contribution is 4.75. The summed E-state index contributed by atoms with van der Waals surface area (Å²) in [5.74, 6) is 0. The molecule has 0 aliphatic heterocycles. The molecule has 0 bridgehead atoms. The van der Waals surface area contributed by atoms with Gasteiger partial charge in [0.15, 0.2) is 0 Å². The highest BCUT2D eigenvalue weighted by Gasteiger charge is 2.21. The van der Waals surface area contributed by atoms with Crippen LogP contribution in [-0.2, 0) is 0 Å². The van der Waals surface area contributed by atoms with E-state index in [-0.39, 0.29) is 0 Å². The third-order valence-electron chi connectivity index (χ3n) is 4.59. The molecule has 0 aliphatic rings. The van der Waals surface area contributed by atoms with Crippen LogP contribution in [0.3, 0.4) is 0 Å². The third kappa shape index (κ3) is 11.8. The van der Waals surface area contributed by atoms with E-state index in [1.807, 2.05) is 0 Å². The van der Waals surface area contributed by atoms with Crippen molar-refractivity contribution < 1.29 is 0 Å². The van der Waals surface area contributed by atoms with Crippen molar-refractivity contribution in [2.75, 3.05) is 13.6 Å². The highest BCUT2D eigenvalue weighted by Crippen LogP contribution is 2.29. The lowest BCUT2D eigenvalue weighted by Gasteiger charge is -2.29. The van der Waals surface area contributed by atoms with Crippen LogP contribution in [0.2, 0.25) is 0 Å². The third-order valence-corrected chi connectivity index (χ3v) is 4.59. The fourth-order valence-electron chi connectivity index (χ4n) is 3.37. The molecule has 0 aromatic heterocycles. The normalized spacial score (nSPS) is 14.4. The Labute approximate surface area is 129 Å². The molecule has 1 atom stereocenters. The van der Waals surface area contributed by atoms with Gasteiger partial charge in [0.05, 0.1) is 0 Å². The SMILES string of the molecule is CCCCCCCCCCCCC(C)(CCC)CNC. The summed E-state index contributed by atoms with van der Waals surface area (Å²) in [5, 5.41) is 3.38. The minimum absolute atomic E-state index is 0.531. The summed E-state index contributed by atoms with van der Waals surface area (Å²) in [6, 6.07) is 0. The quantitative estimate of drug-likeness (QED) is 0.347. The first kappa shape index (κ1) is 20.0. The molecule has 0 saturated carbocycles. The second kappa shape index (κ2) is 13.9. The van der Waals surface area contributed by atoms with Gasteiger partial charge in [0.25, 0.3) is 0 Å². The molecule has 0 saturated heterocycles. The van der Waals surface area contributed by atoms with Crippen molar-refractivity contribution in [1.29, 1.82) is 0 Å². The molecule has 0 fully saturated rings. The number of hydrogen-bond acceptors (Lipinski definition) is 1. The Morgan fingerprint density at radius 3 is 1.60 bits per heavy atom. The van der Waals surface area contributed by atoms with E-state index in [1.54, 1.807) is 0 Å². The van der Waals surface area contributed by atoms with E-state index in [4.69, 9.17) is 0 Å². The fourth-order valence-corrected chi connectivity index (χ4v) is 3.37. The van der Waals surface area contributed by atoms with E-state index in [9.17, 15) is 0 Å². The Morgan fingerprint density at radius 2 is 1.15 bits per heavy atom. The predicted octanol–water partition coefficient (Wildman–Crippen LogP) is 6.32. The molecule has 0 aliphatic carbocycles. The zero-order valence-electron chi connectivity index (χ0n) is 14.9. The summed E-state index contributed by atoms with van der Waals surface area (Å²) in [6.07, 6.45) is 18.5. The van der Waals surface area contributed by atoms with Crippen LogP contribution in [0, 0.1) is 5.41 Å². The van der Waals surface area contributed by atoms with Gasteiger partial charge in [-0.3, -0.25) is 0 Å². The summed E-state index contributed by atoms with van der Waals surface area (Å²) in [6.45, 7) is 8.24. The van der Waals surface area contributed by atoms with Crippen LogP contribution < -0.4 is 5.32 Å². The van der Waals surface area contributed by atoms with Crippen molar-refractivity contribution in [3.05, 3.63) is 0 Å². The maximum Gasteiger partial charge on any atom is 0.000215 e. The van der Waals surface area contributed by atoms with Crippen molar-refractivity contribution in [2.45, 2.75) is 104 Å². The van der Waals surface area contributed by atoms with Crippen molar-refractivity contribution >= 4 is 0 Å². The van der Waals surface area contributed by atoms with Gasteiger partial charge in [-0.1, -0.05) is 91.4 Å². The predicted molar refractivity (Wildman–Crippen MR) is 93.4 cm³/mol. The van der Waals surface area contributed by atoms with Crippen molar-refractivity contribution in [1.82, 2.24) is 5.32 Å². The lowest BCUT2D eigenvalue weighted by Crippen LogP contribution is -2.29. The first-order chi connectivity index (χ1) is 9.68. The molecule has 0 spiro atoms. The lowest BCUT2D eigenvalue weighted by atomic mass is 9.80. The van der Waals surface area contributed by atoms with Crippen LogP contribution in [-0.4, -0.2) is 13.6 Å². The Kier molecular flexibility index (Phi) is 13.9. The average molecular weight is 284 g/mol. The molecule has 0 radical (unpaired) electrons. The molecule has 122 valence electrons. The number of unbranched alkanes of at least 4 members (excludes halogenated alkanes) is 9. The summed E-state index contributed by atoms with van der Waals surface area (Å²) in [7, 11) is 2.09. The molecule has 0 heterocycles. The summed E-state index contributed by atoms with van der Waals surface area (Å²) in [4.78, 5) is 0. The van der Waals surface area contributed by atoms with Gasteiger partial charge in [0, 0.05) is 6.54 Å². The first-order valence-electron chi connectivity index (χ1n) is 9.33. The molecular weight excluding hydrogens is 242 g/mol. The average Bonchev–Trinajstić information content (AvgIpc) is 2.41. The van der Waals surface area contributed by atoms with Crippen LogP contribution >= 0.6 is 0 Å². The minimum Gasteiger partial charge on any atom is -0.319 e. The molecule has 1 unspecified atom stereocenters. The van der Waals surface area contributed by atoms with Crippen LogP contribution in [0.15, 0.2) is 0 Å². The van der Waals surface area contributed by atoms with Crippen LogP contribution in [0.5, 0.6) is 0 Å². The van der Waals surface area contributed by atoms with Crippen molar-refractivity contribution in [3.63, 3.8) is 0 Å². The van der Waals surface area contributed by atoms with Gasteiger partial charge in [-0.25, -0.2) is 0 Å². The molecule has 0 rings (SSSR count). The van der Waals surface area contributed by atoms with Crippen LogP contribution in [0.4, 0.5) is 0 Å². The van der Waals surface area contributed by atoms with Gasteiger partial charge in [0.1, 0.15) is 0 Å². The largest absolute Gasteiger partial charge is 0.319 e. The number of nitrogens with one attached hydrogen (secondary N) is 1. The zero-order chi connectivity index (χ0) is 15.1. The van der Waals surface area contributed by atoms with Crippen LogP contribution in [0.1, 0.15) is 104 Å². The van der Waals surface area contributed by atoms with Gasteiger partial charge < -0.3 is 5.32 Å². The maximum absolute atomic E-state index is 3.38. The topological polar surface area (TPSA) is 12.0 Å². The molecule has 1 N–H and O–H groups in total. The molecule has 0 aromatic rings. The smallest absolute Gasteiger partial charge is 0.000215 e. The van der Waals surface area contributed by atoms with E-state index in [0.29, 0.717) is 5.41 Å². The van der Waals surface area contributed by atoms with Crippen LogP contribution in [0.25, 0.3) is 0 Å². The highest BCUT2D eigenvalue weighted by atomic mass is 14.8. The summed E-state index contributed by atoms with van der Waals surface area (Å²) >= 11 is 0. The Morgan fingerprint density at radius 1 is 0.650 bits per heavy atom. The Hall–Kier alpha value is -0.0400. The second-order valence-electron chi connectivity index (χ2n) is 7.02. The van der Waals surface area contributed by atoms with Crippen molar-refractivity contribution in [3.8, 4) is 0 Å². The number of rotatable bonds is 15. The molecule has 0 aromatic carbocycles. The first-order valence-corrected chi connectivity index (χ1v) is 9.33. The van der Waals surface area contributed by atoms with E-state index in [0.717, 1.165) is 0 Å². The Bertz CT molecular complexity index is 182. The van der Waals surface area contributed by atoms with Gasteiger partial charge in [-0.15, -0.1) is 0 Å².